The number of hydroxylamine groups is 1. The lowest BCUT2D eigenvalue weighted by Gasteiger charge is -2.21. The first-order chi connectivity index (χ1) is 8.56. The number of non-ortho nitro benzene ring substituents is 1. The lowest BCUT2D eigenvalue weighted by Crippen LogP contribution is -2.46. The van der Waals surface area contributed by atoms with Crippen LogP contribution in [0.3, 0.4) is 0 Å². The number of hydrogen-bond donors (Lipinski definition) is 1. The summed E-state index contributed by atoms with van der Waals surface area (Å²) < 4.78 is 0.791. The molecule has 0 unspecified atom stereocenters. The highest BCUT2D eigenvalue weighted by Gasteiger charge is 2.61. The molecular formula is C11H12N3O4+. The van der Waals surface area contributed by atoms with Crippen LogP contribution in [0, 0.1) is 15.0 Å². The van der Waals surface area contributed by atoms with E-state index in [9.17, 15) is 20.2 Å². The van der Waals surface area contributed by atoms with Gasteiger partial charge in [-0.2, -0.15) is 5.06 Å². The molecule has 1 aromatic rings. The Bertz CT molecular complexity index is 551. The maximum absolute atomic E-state index is 12.3. The summed E-state index contributed by atoms with van der Waals surface area (Å²) in [6.45, 7) is 0. The van der Waals surface area contributed by atoms with Crippen molar-refractivity contribution in [3.8, 4) is 0 Å². The third-order valence-corrected chi connectivity index (χ3v) is 3.79. The van der Waals surface area contributed by atoms with Gasteiger partial charge in [-0.3, -0.25) is 15.3 Å². The molecular weight excluding hydrogens is 238 g/mol. The van der Waals surface area contributed by atoms with Gasteiger partial charge in [-0.15, -0.1) is 0 Å². The molecule has 1 saturated carbocycles. The van der Waals surface area contributed by atoms with Gasteiger partial charge in [0.05, 0.1) is 9.68 Å². The zero-order chi connectivity index (χ0) is 12.9. The number of nitro groups is 1. The third kappa shape index (κ3) is 1.22. The molecule has 1 N–H and O–H groups in total. The van der Waals surface area contributed by atoms with E-state index < -0.39 is 10.6 Å². The van der Waals surface area contributed by atoms with Gasteiger partial charge < -0.3 is 0 Å². The van der Waals surface area contributed by atoms with Gasteiger partial charge in [0.25, 0.3) is 11.4 Å². The molecule has 0 saturated heterocycles. The summed E-state index contributed by atoms with van der Waals surface area (Å²) in [5, 5.41) is 21.8. The molecule has 0 aromatic heterocycles. The van der Waals surface area contributed by atoms with E-state index >= 15 is 0 Å². The molecule has 7 nitrogen and oxygen atoms in total. The quantitative estimate of drug-likeness (QED) is 0.470. The van der Waals surface area contributed by atoms with E-state index in [1.807, 2.05) is 0 Å². The van der Waals surface area contributed by atoms with Gasteiger partial charge in [0, 0.05) is 35.9 Å². The summed E-state index contributed by atoms with van der Waals surface area (Å²) >= 11 is 0. The molecule has 1 aromatic carbocycles. The Morgan fingerprint density at radius 3 is 2.67 bits per heavy atom. The Morgan fingerprint density at radius 2 is 2.06 bits per heavy atom. The minimum atomic E-state index is -0.961. The van der Waals surface area contributed by atoms with Gasteiger partial charge >= 0.3 is 5.66 Å². The van der Waals surface area contributed by atoms with Gasteiger partial charge in [0.2, 0.25) is 0 Å². The second-order valence-corrected chi connectivity index (χ2v) is 4.73. The number of fused-ring (bicyclic) bond motifs is 1. The maximum Gasteiger partial charge on any atom is 0.313 e. The van der Waals surface area contributed by atoms with Crippen LogP contribution in [0.5, 0.6) is 0 Å². The standard InChI is InChI=1S/C11H12N3O4/c15-12-9-4-3-8(14(17)18)7-10(9)13(16)11(12)5-1-2-6-11/h3-4,7,16H,1-2,5-6H2/q+1. The molecule has 1 spiro atoms. The summed E-state index contributed by atoms with van der Waals surface area (Å²) in [5.74, 6) is 0. The Hall–Kier alpha value is -2.02. The van der Waals surface area contributed by atoms with Crippen molar-refractivity contribution >= 4 is 17.1 Å². The van der Waals surface area contributed by atoms with Gasteiger partial charge in [-0.25, -0.2) is 0 Å². The first kappa shape index (κ1) is 11.1. The van der Waals surface area contributed by atoms with Crippen LogP contribution >= 0.6 is 0 Å². The van der Waals surface area contributed by atoms with Crippen molar-refractivity contribution in [1.29, 1.82) is 0 Å². The van der Waals surface area contributed by atoms with Gasteiger partial charge in [-0.05, 0) is 12.8 Å². The van der Waals surface area contributed by atoms with E-state index in [1.54, 1.807) is 0 Å². The lowest BCUT2D eigenvalue weighted by molar-refractivity contribution is -0.549. The Labute approximate surface area is 102 Å². The lowest BCUT2D eigenvalue weighted by atomic mass is 10.1. The number of anilines is 1. The summed E-state index contributed by atoms with van der Waals surface area (Å²) in [6, 6.07) is 3.93. The third-order valence-electron chi connectivity index (χ3n) is 3.79. The molecule has 3 rings (SSSR count). The number of nitroso groups, excluding NO2 is 1. The van der Waals surface area contributed by atoms with Crippen molar-refractivity contribution in [3.63, 3.8) is 0 Å². The zero-order valence-corrected chi connectivity index (χ0v) is 9.57. The minimum Gasteiger partial charge on any atom is -0.282 e. The fraction of sp³-hybridized carbons (Fsp3) is 0.455. The van der Waals surface area contributed by atoms with Crippen LogP contribution in [-0.4, -0.2) is 20.6 Å². The molecule has 1 fully saturated rings. The average molecular weight is 250 g/mol. The minimum absolute atomic E-state index is 0.128. The van der Waals surface area contributed by atoms with Crippen molar-refractivity contribution in [3.05, 3.63) is 33.2 Å². The predicted molar refractivity (Wildman–Crippen MR) is 61.8 cm³/mol. The van der Waals surface area contributed by atoms with E-state index in [0.29, 0.717) is 18.5 Å². The summed E-state index contributed by atoms with van der Waals surface area (Å²) in [7, 11) is 0. The van der Waals surface area contributed by atoms with Crippen LogP contribution in [0.15, 0.2) is 18.2 Å². The smallest absolute Gasteiger partial charge is 0.282 e. The van der Waals surface area contributed by atoms with E-state index in [4.69, 9.17) is 0 Å². The van der Waals surface area contributed by atoms with E-state index in [-0.39, 0.29) is 11.4 Å². The normalized spacial score (nSPS) is 20.5. The zero-order valence-electron chi connectivity index (χ0n) is 9.57. The topological polar surface area (TPSA) is 86.7 Å². The van der Waals surface area contributed by atoms with Crippen LogP contribution < -0.4 is 5.06 Å². The van der Waals surface area contributed by atoms with Gasteiger partial charge in [0.15, 0.2) is 5.69 Å². The number of hydrogen-bond acceptors (Lipinski definition) is 5. The van der Waals surface area contributed by atoms with Gasteiger partial charge in [0.1, 0.15) is 0 Å². The predicted octanol–water partition coefficient (Wildman–Crippen LogP) is 2.48. The molecule has 18 heavy (non-hydrogen) atoms. The van der Waals surface area contributed by atoms with Crippen LogP contribution in [0.4, 0.5) is 17.1 Å². The second-order valence-electron chi connectivity index (χ2n) is 4.73. The average Bonchev–Trinajstić information content (AvgIpc) is 2.92. The SMILES string of the molecule is O=[N+]([O-])c1ccc2c(c1)N(O)C1(CCCC1)[N+]2=O. The highest BCUT2D eigenvalue weighted by molar-refractivity contribution is 5.69. The first-order valence-electron chi connectivity index (χ1n) is 5.81. The van der Waals surface area contributed by atoms with Crippen LogP contribution in [0.2, 0.25) is 0 Å². The molecule has 1 aliphatic heterocycles. The summed E-state index contributed by atoms with van der Waals surface area (Å²) in [6.07, 6.45) is 2.86. The molecule has 0 amide bonds. The van der Waals surface area contributed by atoms with Crippen molar-refractivity contribution in [1.82, 2.24) is 0 Å². The Morgan fingerprint density at radius 1 is 1.39 bits per heavy atom. The monoisotopic (exact) mass is 250 g/mol. The molecule has 2 aliphatic rings. The number of nitro benzene ring substituents is 1. The van der Waals surface area contributed by atoms with Crippen LogP contribution in [-0.2, 0) is 0 Å². The highest BCUT2D eigenvalue weighted by atomic mass is 16.6. The molecule has 1 heterocycles. The largest absolute Gasteiger partial charge is 0.313 e. The van der Waals surface area contributed by atoms with Gasteiger partial charge in [-0.1, -0.05) is 0 Å². The molecule has 7 heteroatoms. The number of benzene rings is 1. The summed E-state index contributed by atoms with van der Waals surface area (Å²) in [4.78, 5) is 22.4. The number of nitrogens with zero attached hydrogens (tertiary/aromatic N) is 3. The first-order valence-corrected chi connectivity index (χ1v) is 5.81. The Kier molecular flexibility index (Phi) is 2.15. The Balaban J connectivity index is 2.12. The van der Waals surface area contributed by atoms with Crippen LogP contribution in [0.25, 0.3) is 0 Å². The number of rotatable bonds is 1. The molecule has 0 atom stereocenters. The summed E-state index contributed by atoms with van der Waals surface area (Å²) in [5.41, 5.74) is -0.570. The molecule has 0 bridgehead atoms. The molecule has 0 radical (unpaired) electrons. The molecule has 94 valence electrons. The van der Waals surface area contributed by atoms with E-state index in [0.717, 1.165) is 22.7 Å². The molecule has 1 aliphatic carbocycles. The van der Waals surface area contributed by atoms with Crippen molar-refractivity contribution in [2.45, 2.75) is 31.3 Å². The van der Waals surface area contributed by atoms with E-state index in [1.165, 1.54) is 18.2 Å². The second kappa shape index (κ2) is 3.49. The van der Waals surface area contributed by atoms with Crippen LogP contribution in [0.1, 0.15) is 25.7 Å². The van der Waals surface area contributed by atoms with Crippen molar-refractivity contribution in [2.24, 2.45) is 0 Å². The van der Waals surface area contributed by atoms with Crippen molar-refractivity contribution in [2.75, 3.05) is 5.06 Å². The fourth-order valence-corrected chi connectivity index (χ4v) is 2.86. The van der Waals surface area contributed by atoms with E-state index in [2.05, 4.69) is 0 Å². The fourth-order valence-electron chi connectivity index (χ4n) is 2.86. The maximum atomic E-state index is 12.3. The highest BCUT2D eigenvalue weighted by Crippen LogP contribution is 2.50. The van der Waals surface area contributed by atoms with Crippen molar-refractivity contribution < 1.29 is 14.9 Å².